The first kappa shape index (κ1) is 15.8. The number of aliphatic hydroxyl groups is 1. The number of aryl methyl sites for hydroxylation is 2. The minimum atomic E-state index is -0.635. The van der Waals surface area contributed by atoms with Gasteiger partial charge in [-0.2, -0.15) is 0 Å². The first-order valence-corrected chi connectivity index (χ1v) is 7.83. The molecule has 1 saturated heterocycles. The van der Waals surface area contributed by atoms with Crippen molar-refractivity contribution in [3.05, 3.63) is 35.2 Å². The first-order chi connectivity index (χ1) is 11.0. The highest BCUT2D eigenvalue weighted by atomic mass is 16.5. The molecule has 0 spiro atoms. The van der Waals surface area contributed by atoms with E-state index >= 15 is 0 Å². The maximum atomic E-state index is 12.6. The summed E-state index contributed by atoms with van der Waals surface area (Å²) < 4.78 is 5.46. The van der Waals surface area contributed by atoms with Gasteiger partial charge in [0.2, 0.25) is 0 Å². The first-order valence-electron chi connectivity index (χ1n) is 7.83. The van der Waals surface area contributed by atoms with Crippen LogP contribution in [0.4, 0.5) is 0 Å². The van der Waals surface area contributed by atoms with E-state index in [-0.39, 0.29) is 12.0 Å². The molecule has 1 aliphatic rings. The van der Waals surface area contributed by atoms with Crippen LogP contribution in [0.1, 0.15) is 28.7 Å². The molecular weight excluding hydrogens is 294 g/mol. The van der Waals surface area contributed by atoms with E-state index in [1.807, 2.05) is 26.8 Å². The molecule has 1 fully saturated rings. The Bertz CT molecular complexity index is 747. The van der Waals surface area contributed by atoms with Gasteiger partial charge in [-0.05, 0) is 39.0 Å². The molecule has 1 aliphatic heterocycles. The fraction of sp³-hybridized carbons (Fsp3) is 0.471. The Morgan fingerprint density at radius 3 is 2.65 bits per heavy atom. The van der Waals surface area contributed by atoms with E-state index in [1.165, 1.54) is 0 Å². The zero-order chi connectivity index (χ0) is 16.6. The van der Waals surface area contributed by atoms with E-state index in [0.29, 0.717) is 30.8 Å². The van der Waals surface area contributed by atoms with Gasteiger partial charge in [0.15, 0.2) is 0 Å². The molecule has 122 valence electrons. The Morgan fingerprint density at radius 2 is 1.96 bits per heavy atom. The predicted octanol–water partition coefficient (Wildman–Crippen LogP) is 1.47. The van der Waals surface area contributed by atoms with Crippen LogP contribution < -0.4 is 0 Å². The summed E-state index contributed by atoms with van der Waals surface area (Å²) in [5, 5.41) is 9.98. The summed E-state index contributed by atoms with van der Waals surface area (Å²) in [6, 6.07) is 5.33. The van der Waals surface area contributed by atoms with Crippen LogP contribution in [-0.4, -0.2) is 57.8 Å². The fourth-order valence-electron chi connectivity index (χ4n) is 2.85. The van der Waals surface area contributed by atoms with Gasteiger partial charge in [-0.25, -0.2) is 9.97 Å². The zero-order valence-electron chi connectivity index (χ0n) is 13.6. The van der Waals surface area contributed by atoms with Crippen LogP contribution in [0.5, 0.6) is 0 Å². The largest absolute Gasteiger partial charge is 0.388 e. The highest BCUT2D eigenvalue weighted by Crippen LogP contribution is 2.19. The van der Waals surface area contributed by atoms with Gasteiger partial charge in [0, 0.05) is 25.3 Å². The minimum absolute atomic E-state index is 0.117. The van der Waals surface area contributed by atoms with Gasteiger partial charge < -0.3 is 14.7 Å². The molecule has 2 atom stereocenters. The molecule has 0 aliphatic carbocycles. The average Bonchev–Trinajstić information content (AvgIpc) is 2.89. The molecule has 3 rings (SSSR count). The third-order valence-electron chi connectivity index (χ3n) is 4.23. The van der Waals surface area contributed by atoms with Crippen molar-refractivity contribution >= 4 is 16.9 Å². The van der Waals surface area contributed by atoms with Crippen molar-refractivity contribution in [1.29, 1.82) is 0 Å². The maximum Gasteiger partial charge on any atom is 0.254 e. The monoisotopic (exact) mass is 315 g/mol. The molecule has 0 bridgehead atoms. The topological polar surface area (TPSA) is 75.5 Å². The van der Waals surface area contributed by atoms with Gasteiger partial charge in [-0.1, -0.05) is 0 Å². The molecule has 2 heterocycles. The second-order valence-electron chi connectivity index (χ2n) is 5.87. The van der Waals surface area contributed by atoms with Crippen molar-refractivity contribution in [3.8, 4) is 0 Å². The number of carbonyl (C=O) groups is 1. The van der Waals surface area contributed by atoms with Crippen LogP contribution in [0.25, 0.3) is 11.0 Å². The van der Waals surface area contributed by atoms with Crippen LogP contribution in [0, 0.1) is 13.8 Å². The van der Waals surface area contributed by atoms with E-state index in [9.17, 15) is 9.90 Å². The molecule has 0 radical (unpaired) electrons. The lowest BCUT2D eigenvalue weighted by molar-refractivity contribution is -0.00237. The van der Waals surface area contributed by atoms with E-state index in [2.05, 4.69) is 9.97 Å². The van der Waals surface area contributed by atoms with Gasteiger partial charge in [0.1, 0.15) is 6.10 Å². The molecule has 1 aromatic carbocycles. The van der Waals surface area contributed by atoms with Gasteiger partial charge in [-0.15, -0.1) is 0 Å². The number of aliphatic hydroxyl groups excluding tert-OH is 1. The number of amides is 1. The van der Waals surface area contributed by atoms with Gasteiger partial charge in [-0.3, -0.25) is 4.79 Å². The number of rotatable bonds is 3. The third kappa shape index (κ3) is 3.04. The maximum absolute atomic E-state index is 12.6. The van der Waals surface area contributed by atoms with Crippen molar-refractivity contribution in [2.75, 3.05) is 19.7 Å². The van der Waals surface area contributed by atoms with Crippen LogP contribution in [0.15, 0.2) is 18.2 Å². The average molecular weight is 315 g/mol. The van der Waals surface area contributed by atoms with Crippen molar-refractivity contribution in [1.82, 2.24) is 14.9 Å². The van der Waals surface area contributed by atoms with Crippen LogP contribution >= 0.6 is 0 Å². The molecule has 1 amide bonds. The fourth-order valence-corrected chi connectivity index (χ4v) is 2.85. The van der Waals surface area contributed by atoms with E-state index in [4.69, 9.17) is 4.74 Å². The van der Waals surface area contributed by atoms with Crippen LogP contribution in [0.3, 0.4) is 0 Å². The lowest BCUT2D eigenvalue weighted by atomic mass is 10.1. The number of carbonyl (C=O) groups excluding carboxylic acids is 1. The second-order valence-corrected chi connectivity index (χ2v) is 5.87. The molecule has 6 heteroatoms. The standard InChI is InChI=1S/C17H21N3O3/c1-4-23-16-9-20(8-15(16)21)17(22)12-5-6-13-14(7-12)19-11(3)10(2)18-13/h5-7,15-16,21H,4,8-9H2,1-3H3/t15-,16-/m1/s1. The van der Waals surface area contributed by atoms with Crippen molar-refractivity contribution in [2.24, 2.45) is 0 Å². The summed E-state index contributed by atoms with van der Waals surface area (Å²) in [7, 11) is 0. The van der Waals surface area contributed by atoms with E-state index in [0.717, 1.165) is 16.9 Å². The summed E-state index contributed by atoms with van der Waals surface area (Å²) in [6.45, 7) is 6.92. The number of hydrogen-bond acceptors (Lipinski definition) is 5. The Labute approximate surface area is 135 Å². The third-order valence-corrected chi connectivity index (χ3v) is 4.23. The summed E-state index contributed by atoms with van der Waals surface area (Å²) in [5.41, 5.74) is 3.78. The molecule has 6 nitrogen and oxygen atoms in total. The Morgan fingerprint density at radius 1 is 1.26 bits per heavy atom. The number of likely N-dealkylation sites (tertiary alicyclic amines) is 1. The van der Waals surface area contributed by atoms with E-state index in [1.54, 1.807) is 17.0 Å². The van der Waals surface area contributed by atoms with Crippen molar-refractivity contribution < 1.29 is 14.6 Å². The Hall–Kier alpha value is -2.05. The van der Waals surface area contributed by atoms with Crippen LogP contribution in [-0.2, 0) is 4.74 Å². The van der Waals surface area contributed by atoms with Crippen molar-refractivity contribution in [2.45, 2.75) is 33.0 Å². The quantitative estimate of drug-likeness (QED) is 0.928. The Kier molecular flexibility index (Phi) is 4.28. The highest BCUT2D eigenvalue weighted by molar-refractivity contribution is 5.97. The summed E-state index contributed by atoms with van der Waals surface area (Å²) in [5.74, 6) is -0.117. The normalized spacial score (nSPS) is 21.1. The Balaban J connectivity index is 1.85. The van der Waals surface area contributed by atoms with Crippen LogP contribution in [0.2, 0.25) is 0 Å². The summed E-state index contributed by atoms with van der Waals surface area (Å²) in [4.78, 5) is 23.2. The highest BCUT2D eigenvalue weighted by Gasteiger charge is 2.34. The zero-order valence-corrected chi connectivity index (χ0v) is 13.6. The lowest BCUT2D eigenvalue weighted by Crippen LogP contribution is -2.30. The molecule has 2 aromatic rings. The number of nitrogens with zero attached hydrogens (tertiary/aromatic N) is 3. The molecular formula is C17H21N3O3. The number of aromatic nitrogens is 2. The predicted molar refractivity (Wildman–Crippen MR) is 86.3 cm³/mol. The summed E-state index contributed by atoms with van der Waals surface area (Å²) in [6.07, 6.45) is -0.946. The minimum Gasteiger partial charge on any atom is -0.388 e. The number of β-amino-alcohol motifs (C(OH)–C–C–N with tert-alkyl or cyclic N) is 1. The van der Waals surface area contributed by atoms with Gasteiger partial charge in [0.05, 0.1) is 28.5 Å². The van der Waals surface area contributed by atoms with E-state index < -0.39 is 6.10 Å². The smallest absolute Gasteiger partial charge is 0.254 e. The molecule has 0 unspecified atom stereocenters. The van der Waals surface area contributed by atoms with Gasteiger partial charge >= 0.3 is 0 Å². The van der Waals surface area contributed by atoms with Gasteiger partial charge in [0.25, 0.3) is 5.91 Å². The number of benzene rings is 1. The SMILES string of the molecule is CCO[C@@H]1CN(C(=O)c2ccc3nc(C)c(C)nc3c2)C[C@H]1O. The lowest BCUT2D eigenvalue weighted by Gasteiger charge is -2.16. The molecule has 1 N–H and O–H groups in total. The molecule has 0 saturated carbocycles. The summed E-state index contributed by atoms with van der Waals surface area (Å²) >= 11 is 0. The molecule has 23 heavy (non-hydrogen) atoms. The molecule has 1 aromatic heterocycles. The second kappa shape index (κ2) is 6.22. The van der Waals surface area contributed by atoms with Crippen molar-refractivity contribution in [3.63, 3.8) is 0 Å². The number of hydrogen-bond donors (Lipinski definition) is 1. The number of ether oxygens (including phenoxy) is 1. The number of fused-ring (bicyclic) bond motifs is 1.